The minimum Gasteiger partial charge on any atom is -0.382 e. The molecule has 6 heteroatoms. The molecule has 0 aliphatic heterocycles. The van der Waals surface area contributed by atoms with Crippen LogP contribution in [0, 0.1) is 18.3 Å². The van der Waals surface area contributed by atoms with Crippen LogP contribution in [0.2, 0.25) is 0 Å². The van der Waals surface area contributed by atoms with Gasteiger partial charge in [-0.2, -0.15) is 10.4 Å². The van der Waals surface area contributed by atoms with Crippen molar-refractivity contribution in [1.29, 1.82) is 5.26 Å². The van der Waals surface area contributed by atoms with Crippen molar-refractivity contribution in [3.63, 3.8) is 0 Å². The molecule has 31 heavy (non-hydrogen) atoms. The van der Waals surface area contributed by atoms with E-state index >= 15 is 0 Å². The lowest BCUT2D eigenvalue weighted by atomic mass is 10.0. The number of rotatable bonds is 9. The summed E-state index contributed by atoms with van der Waals surface area (Å²) in [6, 6.07) is 19.8. The molecule has 3 rings (SSSR count). The molecule has 0 bridgehead atoms. The Hall–Kier alpha value is -3.69. The Balaban J connectivity index is 1.92. The standard InChI is InChI=1S/C25H26N4O2/c1-3-31-15-7-14-27-25(30)21(17-26)16-22-18-29(23-8-5-4-6-9-23)28-24(22)20-12-10-19(2)11-13-20/h4-6,8-13,16,18H,3,7,14-15H2,1-2H3,(H,27,30)/b21-16-. The number of aromatic nitrogens is 2. The van der Waals surface area contributed by atoms with E-state index in [-0.39, 0.29) is 5.57 Å². The molecular formula is C25H26N4O2. The highest BCUT2D eigenvalue weighted by Gasteiger charge is 2.15. The van der Waals surface area contributed by atoms with Crippen LogP contribution in [-0.2, 0) is 9.53 Å². The highest BCUT2D eigenvalue weighted by atomic mass is 16.5. The van der Waals surface area contributed by atoms with Crippen molar-refractivity contribution in [2.75, 3.05) is 19.8 Å². The van der Waals surface area contributed by atoms with Crippen LogP contribution in [0.1, 0.15) is 24.5 Å². The molecule has 1 N–H and O–H groups in total. The summed E-state index contributed by atoms with van der Waals surface area (Å²) in [5.41, 5.74) is 4.41. The molecule has 2 aromatic carbocycles. The molecule has 0 aliphatic carbocycles. The molecule has 1 aromatic heterocycles. The topological polar surface area (TPSA) is 79.9 Å². The molecule has 6 nitrogen and oxygen atoms in total. The number of nitrogens with zero attached hydrogens (tertiary/aromatic N) is 3. The lowest BCUT2D eigenvalue weighted by Crippen LogP contribution is -2.26. The van der Waals surface area contributed by atoms with Crippen LogP contribution in [0.25, 0.3) is 23.0 Å². The van der Waals surface area contributed by atoms with Gasteiger partial charge in [0.15, 0.2) is 0 Å². The number of para-hydroxylation sites is 1. The predicted octanol–water partition coefficient (Wildman–Crippen LogP) is 4.30. The molecule has 0 atom stereocenters. The maximum atomic E-state index is 12.5. The Morgan fingerprint density at radius 1 is 1.19 bits per heavy atom. The van der Waals surface area contributed by atoms with Gasteiger partial charge < -0.3 is 10.1 Å². The van der Waals surface area contributed by atoms with Crippen molar-refractivity contribution < 1.29 is 9.53 Å². The van der Waals surface area contributed by atoms with E-state index < -0.39 is 5.91 Å². The van der Waals surface area contributed by atoms with E-state index in [4.69, 9.17) is 9.84 Å². The molecule has 0 spiro atoms. The van der Waals surface area contributed by atoms with E-state index in [0.717, 1.165) is 16.8 Å². The van der Waals surface area contributed by atoms with E-state index in [0.29, 0.717) is 37.4 Å². The van der Waals surface area contributed by atoms with Crippen LogP contribution in [-0.4, -0.2) is 35.4 Å². The number of nitriles is 1. The van der Waals surface area contributed by atoms with Crippen molar-refractivity contribution in [3.05, 3.63) is 77.5 Å². The monoisotopic (exact) mass is 414 g/mol. The zero-order valence-corrected chi connectivity index (χ0v) is 17.8. The lowest BCUT2D eigenvalue weighted by molar-refractivity contribution is -0.117. The van der Waals surface area contributed by atoms with E-state index in [1.807, 2.05) is 80.7 Å². The van der Waals surface area contributed by atoms with Crippen LogP contribution >= 0.6 is 0 Å². The fourth-order valence-electron chi connectivity index (χ4n) is 3.06. The van der Waals surface area contributed by atoms with Crippen LogP contribution in [0.15, 0.2) is 66.4 Å². The number of hydrogen-bond donors (Lipinski definition) is 1. The van der Waals surface area contributed by atoms with E-state index in [1.165, 1.54) is 0 Å². The quantitative estimate of drug-likeness (QED) is 0.322. The first-order valence-electron chi connectivity index (χ1n) is 10.3. The summed E-state index contributed by atoms with van der Waals surface area (Å²) >= 11 is 0. The third-order valence-electron chi connectivity index (χ3n) is 4.71. The van der Waals surface area contributed by atoms with Gasteiger partial charge in [0, 0.05) is 37.1 Å². The normalized spacial score (nSPS) is 11.2. The molecule has 1 amide bonds. The van der Waals surface area contributed by atoms with Gasteiger partial charge >= 0.3 is 0 Å². The molecule has 0 saturated heterocycles. The first kappa shape index (κ1) is 22.0. The zero-order valence-electron chi connectivity index (χ0n) is 17.8. The summed E-state index contributed by atoms with van der Waals surface area (Å²) < 4.78 is 7.03. The van der Waals surface area contributed by atoms with Crippen molar-refractivity contribution in [2.24, 2.45) is 0 Å². The Morgan fingerprint density at radius 2 is 1.94 bits per heavy atom. The second kappa shape index (κ2) is 10.9. The third kappa shape index (κ3) is 5.91. The summed E-state index contributed by atoms with van der Waals surface area (Å²) in [6.45, 7) is 5.62. The van der Waals surface area contributed by atoms with E-state index in [9.17, 15) is 10.1 Å². The van der Waals surface area contributed by atoms with Gasteiger partial charge in [0.05, 0.1) is 11.4 Å². The first-order valence-corrected chi connectivity index (χ1v) is 10.3. The summed E-state index contributed by atoms with van der Waals surface area (Å²) in [5.74, 6) is -0.402. The molecular weight excluding hydrogens is 388 g/mol. The first-order chi connectivity index (χ1) is 15.1. The number of hydrogen-bond acceptors (Lipinski definition) is 4. The number of amides is 1. The van der Waals surface area contributed by atoms with Gasteiger partial charge in [-0.1, -0.05) is 48.0 Å². The van der Waals surface area contributed by atoms with E-state index in [1.54, 1.807) is 10.8 Å². The van der Waals surface area contributed by atoms with Crippen LogP contribution < -0.4 is 5.32 Å². The van der Waals surface area contributed by atoms with Crippen molar-refractivity contribution in [2.45, 2.75) is 20.3 Å². The number of carbonyl (C=O) groups is 1. The molecule has 0 unspecified atom stereocenters. The third-order valence-corrected chi connectivity index (χ3v) is 4.71. The number of benzene rings is 2. The van der Waals surface area contributed by atoms with Crippen molar-refractivity contribution in [1.82, 2.24) is 15.1 Å². The number of ether oxygens (including phenoxy) is 1. The smallest absolute Gasteiger partial charge is 0.261 e. The summed E-state index contributed by atoms with van der Waals surface area (Å²) in [7, 11) is 0. The van der Waals surface area contributed by atoms with Gasteiger partial charge in [-0.15, -0.1) is 0 Å². The Bertz CT molecular complexity index is 1080. The fourth-order valence-corrected chi connectivity index (χ4v) is 3.06. The van der Waals surface area contributed by atoms with E-state index in [2.05, 4.69) is 5.32 Å². The molecule has 0 fully saturated rings. The lowest BCUT2D eigenvalue weighted by Gasteiger charge is -2.05. The SMILES string of the molecule is CCOCCCNC(=O)/C(C#N)=C\c1cn(-c2ccccc2)nc1-c1ccc(C)cc1. The van der Waals surface area contributed by atoms with Gasteiger partial charge in [-0.3, -0.25) is 4.79 Å². The van der Waals surface area contributed by atoms with Crippen molar-refractivity contribution >= 4 is 12.0 Å². The Kier molecular flexibility index (Phi) is 7.74. The van der Waals surface area contributed by atoms with Crippen LogP contribution in [0.5, 0.6) is 0 Å². The fraction of sp³-hybridized carbons (Fsp3) is 0.240. The minimum atomic E-state index is -0.402. The zero-order chi connectivity index (χ0) is 22.1. The van der Waals surface area contributed by atoms with Crippen LogP contribution in [0.3, 0.4) is 0 Å². The Labute approximate surface area is 182 Å². The number of aryl methyl sites for hydroxylation is 1. The maximum absolute atomic E-state index is 12.5. The molecule has 0 radical (unpaired) electrons. The van der Waals surface area contributed by atoms with Gasteiger partial charge in [-0.25, -0.2) is 4.68 Å². The van der Waals surface area contributed by atoms with Gasteiger partial charge in [0.1, 0.15) is 11.6 Å². The molecule has 0 aliphatic rings. The van der Waals surface area contributed by atoms with Crippen molar-refractivity contribution in [3.8, 4) is 23.0 Å². The average Bonchev–Trinajstić information content (AvgIpc) is 3.22. The summed E-state index contributed by atoms with van der Waals surface area (Å²) in [6.07, 6.45) is 4.13. The maximum Gasteiger partial charge on any atom is 0.261 e. The predicted molar refractivity (Wildman–Crippen MR) is 121 cm³/mol. The minimum absolute atomic E-state index is 0.0392. The second-order valence-corrected chi connectivity index (χ2v) is 7.06. The molecule has 3 aromatic rings. The summed E-state index contributed by atoms with van der Waals surface area (Å²) in [4.78, 5) is 12.5. The number of carbonyl (C=O) groups excluding carboxylic acids is 1. The highest BCUT2D eigenvalue weighted by molar-refractivity contribution is 6.02. The number of nitrogens with one attached hydrogen (secondary N) is 1. The highest BCUT2D eigenvalue weighted by Crippen LogP contribution is 2.26. The van der Waals surface area contributed by atoms with Crippen LogP contribution in [0.4, 0.5) is 0 Å². The van der Waals surface area contributed by atoms with Gasteiger partial charge in [-0.05, 0) is 38.5 Å². The summed E-state index contributed by atoms with van der Waals surface area (Å²) in [5, 5.41) is 17.1. The average molecular weight is 415 g/mol. The largest absolute Gasteiger partial charge is 0.382 e. The van der Waals surface area contributed by atoms with Gasteiger partial charge in [0.2, 0.25) is 0 Å². The second-order valence-electron chi connectivity index (χ2n) is 7.06. The molecule has 1 heterocycles. The molecule has 158 valence electrons. The molecule has 0 saturated carbocycles. The Morgan fingerprint density at radius 3 is 2.61 bits per heavy atom. The van der Waals surface area contributed by atoms with Gasteiger partial charge in [0.25, 0.3) is 5.91 Å².